The maximum atomic E-state index is 10.9. The summed E-state index contributed by atoms with van der Waals surface area (Å²) in [7, 11) is 0. The second-order valence-corrected chi connectivity index (χ2v) is 3.49. The molecule has 3 nitrogen and oxygen atoms in total. The van der Waals surface area contributed by atoms with Crippen LogP contribution in [0.25, 0.3) is 0 Å². The number of halogens is 1. The molecule has 0 saturated carbocycles. The van der Waals surface area contributed by atoms with Crippen molar-refractivity contribution in [1.29, 1.82) is 0 Å². The van der Waals surface area contributed by atoms with Crippen molar-refractivity contribution in [2.45, 2.75) is 27.2 Å². The summed E-state index contributed by atoms with van der Waals surface area (Å²) in [6, 6.07) is 0. The van der Waals surface area contributed by atoms with Crippen LogP contribution in [0.1, 0.15) is 34.1 Å². The molecule has 0 saturated heterocycles. The maximum Gasteiger partial charge on any atom is 0.339 e. The largest absolute Gasteiger partial charge is 0.478 e. The molecule has 1 rings (SSSR count). The molecule has 4 heteroatoms. The van der Waals surface area contributed by atoms with E-state index >= 15 is 0 Å². The first-order valence-corrected chi connectivity index (χ1v) is 4.75. The number of aryl methyl sites for hydroxylation is 1. The number of aromatic nitrogens is 1. The van der Waals surface area contributed by atoms with Gasteiger partial charge in [0.1, 0.15) is 5.15 Å². The Kier molecular flexibility index (Phi) is 3.11. The third-order valence-electron chi connectivity index (χ3n) is 2.36. The minimum absolute atomic E-state index is 0.0810. The summed E-state index contributed by atoms with van der Waals surface area (Å²) in [5.41, 5.74) is 2.59. The van der Waals surface area contributed by atoms with Crippen LogP contribution in [-0.2, 0) is 6.42 Å². The number of aromatic carboxylic acids is 1. The van der Waals surface area contributed by atoms with Gasteiger partial charge in [0.05, 0.1) is 5.56 Å². The van der Waals surface area contributed by atoms with Crippen LogP contribution < -0.4 is 0 Å². The molecule has 0 amide bonds. The summed E-state index contributed by atoms with van der Waals surface area (Å²) in [4.78, 5) is 14.9. The molecule has 76 valence electrons. The van der Waals surface area contributed by atoms with E-state index in [-0.39, 0.29) is 10.7 Å². The fourth-order valence-electron chi connectivity index (χ4n) is 1.41. The van der Waals surface area contributed by atoms with Gasteiger partial charge in [-0.05, 0) is 31.4 Å². The van der Waals surface area contributed by atoms with Crippen molar-refractivity contribution >= 4 is 17.6 Å². The van der Waals surface area contributed by atoms with Gasteiger partial charge < -0.3 is 5.11 Å². The van der Waals surface area contributed by atoms with Crippen LogP contribution in [0.2, 0.25) is 5.15 Å². The number of hydrogen-bond donors (Lipinski definition) is 1. The second kappa shape index (κ2) is 3.96. The van der Waals surface area contributed by atoms with E-state index in [0.29, 0.717) is 5.56 Å². The fraction of sp³-hybridized carbons (Fsp3) is 0.400. The lowest BCUT2D eigenvalue weighted by Gasteiger charge is -2.10. The Balaban J connectivity index is 3.49. The molecular weight excluding hydrogens is 202 g/mol. The number of rotatable bonds is 2. The first kappa shape index (κ1) is 11.0. The topological polar surface area (TPSA) is 50.2 Å². The van der Waals surface area contributed by atoms with Gasteiger partial charge in [-0.2, -0.15) is 0 Å². The van der Waals surface area contributed by atoms with Gasteiger partial charge in [0, 0.05) is 5.69 Å². The van der Waals surface area contributed by atoms with Crippen molar-refractivity contribution in [2.75, 3.05) is 0 Å². The number of hydrogen-bond acceptors (Lipinski definition) is 2. The third-order valence-corrected chi connectivity index (χ3v) is 2.63. The zero-order chi connectivity index (χ0) is 10.9. The predicted molar refractivity (Wildman–Crippen MR) is 55.1 cm³/mol. The normalized spacial score (nSPS) is 10.3. The summed E-state index contributed by atoms with van der Waals surface area (Å²) >= 11 is 5.79. The van der Waals surface area contributed by atoms with Crippen LogP contribution >= 0.6 is 11.6 Å². The summed E-state index contributed by atoms with van der Waals surface area (Å²) in [6.07, 6.45) is 0.756. The molecule has 0 aromatic carbocycles. The van der Waals surface area contributed by atoms with E-state index in [4.69, 9.17) is 16.7 Å². The monoisotopic (exact) mass is 213 g/mol. The number of carboxylic acid groups (broad SMARTS) is 1. The highest BCUT2D eigenvalue weighted by molar-refractivity contribution is 6.32. The van der Waals surface area contributed by atoms with Gasteiger partial charge in [-0.25, -0.2) is 9.78 Å². The van der Waals surface area contributed by atoms with E-state index in [2.05, 4.69) is 4.98 Å². The van der Waals surface area contributed by atoms with Gasteiger partial charge in [-0.1, -0.05) is 18.5 Å². The molecule has 0 fully saturated rings. The minimum Gasteiger partial charge on any atom is -0.478 e. The Bertz CT molecular complexity index is 388. The summed E-state index contributed by atoms with van der Waals surface area (Å²) < 4.78 is 0. The van der Waals surface area contributed by atoms with E-state index < -0.39 is 5.97 Å². The molecule has 0 bridgehead atoms. The van der Waals surface area contributed by atoms with Gasteiger partial charge in [0.2, 0.25) is 0 Å². The van der Waals surface area contributed by atoms with E-state index in [1.807, 2.05) is 13.8 Å². The predicted octanol–water partition coefficient (Wildman–Crippen LogP) is 2.61. The first-order valence-electron chi connectivity index (χ1n) is 4.37. The van der Waals surface area contributed by atoms with Gasteiger partial charge in [0.25, 0.3) is 0 Å². The maximum absolute atomic E-state index is 10.9. The highest BCUT2D eigenvalue weighted by Crippen LogP contribution is 2.23. The third kappa shape index (κ3) is 1.73. The lowest BCUT2D eigenvalue weighted by molar-refractivity contribution is 0.0695. The molecule has 0 aliphatic rings. The van der Waals surface area contributed by atoms with Crippen molar-refractivity contribution in [3.63, 3.8) is 0 Å². The van der Waals surface area contributed by atoms with Crippen molar-refractivity contribution in [3.05, 3.63) is 27.5 Å². The SMILES string of the molecule is CCc1nc(Cl)c(C(=O)O)c(C)c1C. The average molecular weight is 214 g/mol. The van der Waals surface area contributed by atoms with Crippen molar-refractivity contribution in [1.82, 2.24) is 4.98 Å². The number of carboxylic acids is 1. The fourth-order valence-corrected chi connectivity index (χ4v) is 1.73. The molecule has 14 heavy (non-hydrogen) atoms. The smallest absolute Gasteiger partial charge is 0.339 e. The lowest BCUT2D eigenvalue weighted by atomic mass is 10.0. The van der Waals surface area contributed by atoms with Gasteiger partial charge in [-0.3, -0.25) is 0 Å². The highest BCUT2D eigenvalue weighted by atomic mass is 35.5. The number of carbonyl (C=O) groups is 1. The minimum atomic E-state index is -1.02. The molecule has 0 radical (unpaired) electrons. The van der Waals surface area contributed by atoms with Crippen LogP contribution in [0.3, 0.4) is 0 Å². The Morgan fingerprint density at radius 1 is 1.43 bits per heavy atom. The van der Waals surface area contributed by atoms with Gasteiger partial charge in [-0.15, -0.1) is 0 Å². The molecule has 1 aromatic heterocycles. The molecular formula is C10H12ClNO2. The molecule has 1 heterocycles. The van der Waals surface area contributed by atoms with Crippen molar-refractivity contribution in [3.8, 4) is 0 Å². The van der Waals surface area contributed by atoms with Crippen LogP contribution in [0, 0.1) is 13.8 Å². The van der Waals surface area contributed by atoms with Crippen LogP contribution in [0.5, 0.6) is 0 Å². The van der Waals surface area contributed by atoms with E-state index in [1.165, 1.54) is 0 Å². The summed E-state index contributed by atoms with van der Waals surface area (Å²) in [5.74, 6) is -1.02. The molecule has 0 unspecified atom stereocenters. The molecule has 1 aromatic rings. The van der Waals surface area contributed by atoms with E-state index in [9.17, 15) is 4.79 Å². The average Bonchev–Trinajstić information content (AvgIpc) is 2.10. The molecule has 0 spiro atoms. The first-order chi connectivity index (χ1) is 6.49. The lowest BCUT2D eigenvalue weighted by Crippen LogP contribution is -2.07. The highest BCUT2D eigenvalue weighted by Gasteiger charge is 2.17. The zero-order valence-corrected chi connectivity index (χ0v) is 9.14. The zero-order valence-electron chi connectivity index (χ0n) is 8.39. The second-order valence-electron chi connectivity index (χ2n) is 3.13. The summed E-state index contributed by atoms with van der Waals surface area (Å²) in [6.45, 7) is 5.58. The summed E-state index contributed by atoms with van der Waals surface area (Å²) in [5, 5.41) is 8.99. The van der Waals surface area contributed by atoms with Crippen molar-refractivity contribution < 1.29 is 9.90 Å². The van der Waals surface area contributed by atoms with Crippen LogP contribution in [0.15, 0.2) is 0 Å². The van der Waals surface area contributed by atoms with Gasteiger partial charge >= 0.3 is 5.97 Å². The Morgan fingerprint density at radius 3 is 2.43 bits per heavy atom. The standard InChI is InChI=1S/C10H12ClNO2/c1-4-7-5(2)6(3)8(10(13)14)9(11)12-7/h4H2,1-3H3,(H,13,14). The molecule has 0 atom stereocenters. The number of nitrogens with zero attached hydrogens (tertiary/aromatic N) is 1. The number of pyridine rings is 1. The quantitative estimate of drug-likeness (QED) is 0.769. The Labute approximate surface area is 87.7 Å². The van der Waals surface area contributed by atoms with Crippen LogP contribution in [-0.4, -0.2) is 16.1 Å². The van der Waals surface area contributed by atoms with E-state index in [0.717, 1.165) is 17.7 Å². The molecule has 1 N–H and O–H groups in total. The van der Waals surface area contributed by atoms with Crippen molar-refractivity contribution in [2.24, 2.45) is 0 Å². The molecule has 0 aliphatic carbocycles. The Morgan fingerprint density at radius 2 is 2.00 bits per heavy atom. The van der Waals surface area contributed by atoms with Crippen LogP contribution in [0.4, 0.5) is 0 Å². The molecule has 0 aliphatic heterocycles. The Hall–Kier alpha value is -1.09. The van der Waals surface area contributed by atoms with E-state index in [1.54, 1.807) is 6.92 Å². The van der Waals surface area contributed by atoms with Gasteiger partial charge in [0.15, 0.2) is 0 Å².